The zero-order valence-electron chi connectivity index (χ0n) is 16.2. The molecule has 0 aromatic heterocycles. The van der Waals surface area contributed by atoms with Crippen LogP contribution in [-0.4, -0.2) is 35.9 Å². The number of morpholine rings is 1. The largest absolute Gasteiger partial charge is 0.367 e. The van der Waals surface area contributed by atoms with Gasteiger partial charge in [-0.1, -0.05) is 42.5 Å². The van der Waals surface area contributed by atoms with Gasteiger partial charge in [0.05, 0.1) is 19.1 Å². The molecule has 0 aliphatic carbocycles. The number of amides is 2. The van der Waals surface area contributed by atoms with Crippen molar-refractivity contribution >= 4 is 17.5 Å². The lowest BCUT2D eigenvalue weighted by Gasteiger charge is -2.37. The molecule has 2 heterocycles. The van der Waals surface area contributed by atoms with Crippen LogP contribution in [0, 0.1) is 0 Å². The number of hydrogen-bond acceptors (Lipinski definition) is 3. The van der Waals surface area contributed by atoms with E-state index in [0.717, 1.165) is 29.7 Å². The van der Waals surface area contributed by atoms with Crippen LogP contribution in [0.3, 0.4) is 0 Å². The predicted molar refractivity (Wildman–Crippen MR) is 108 cm³/mol. The Kier molecular flexibility index (Phi) is 5.44. The number of carbonyl (C=O) groups excluding carboxylic acids is 2. The van der Waals surface area contributed by atoms with Crippen LogP contribution in [0.25, 0.3) is 0 Å². The summed E-state index contributed by atoms with van der Waals surface area (Å²) in [6, 6.07) is 16.2. The minimum atomic E-state index is -0.0596. The highest BCUT2D eigenvalue weighted by molar-refractivity contribution is 5.99. The van der Waals surface area contributed by atoms with Gasteiger partial charge in [-0.25, -0.2) is 0 Å². The van der Waals surface area contributed by atoms with Gasteiger partial charge < -0.3 is 15.0 Å². The number of rotatable bonds is 5. The Morgan fingerprint density at radius 3 is 2.82 bits per heavy atom. The molecule has 0 spiro atoms. The number of nitrogens with one attached hydrogen (secondary N) is 1. The van der Waals surface area contributed by atoms with E-state index < -0.39 is 0 Å². The van der Waals surface area contributed by atoms with Crippen LogP contribution >= 0.6 is 0 Å². The van der Waals surface area contributed by atoms with Crippen LogP contribution in [0.4, 0.5) is 5.69 Å². The number of carbonyl (C=O) groups is 2. The van der Waals surface area contributed by atoms with Crippen molar-refractivity contribution in [1.29, 1.82) is 0 Å². The molecule has 4 rings (SSSR count). The summed E-state index contributed by atoms with van der Waals surface area (Å²) in [5.41, 5.74) is 4.27. The number of fused-ring (bicyclic) bond motifs is 1. The summed E-state index contributed by atoms with van der Waals surface area (Å²) in [5, 5.41) is 2.85. The summed E-state index contributed by atoms with van der Waals surface area (Å²) in [4.78, 5) is 26.2. The van der Waals surface area contributed by atoms with Gasteiger partial charge in [0.15, 0.2) is 0 Å². The first kappa shape index (κ1) is 18.7. The van der Waals surface area contributed by atoms with Crippen molar-refractivity contribution in [2.75, 3.05) is 18.4 Å². The van der Waals surface area contributed by atoms with E-state index in [1.165, 1.54) is 5.56 Å². The number of anilines is 1. The molecule has 1 N–H and O–H groups in total. The van der Waals surface area contributed by atoms with Gasteiger partial charge in [0.2, 0.25) is 11.8 Å². The maximum atomic E-state index is 12.8. The number of nitrogens with zero attached hydrogens (tertiary/aromatic N) is 1. The third kappa shape index (κ3) is 4.25. The topological polar surface area (TPSA) is 58.6 Å². The second kappa shape index (κ2) is 8.15. The summed E-state index contributed by atoms with van der Waals surface area (Å²) in [6.07, 6.45) is 2.60. The van der Waals surface area contributed by atoms with Crippen molar-refractivity contribution in [3.63, 3.8) is 0 Å². The van der Waals surface area contributed by atoms with Crippen LogP contribution < -0.4 is 5.32 Å². The van der Waals surface area contributed by atoms with Gasteiger partial charge >= 0.3 is 0 Å². The fourth-order valence-electron chi connectivity index (χ4n) is 4.05. The summed E-state index contributed by atoms with van der Waals surface area (Å²) < 4.78 is 6.05. The maximum Gasteiger partial charge on any atom is 0.228 e. The minimum absolute atomic E-state index is 0.0321. The van der Waals surface area contributed by atoms with Crippen molar-refractivity contribution in [3.05, 3.63) is 65.2 Å². The second-order valence-electron chi connectivity index (χ2n) is 7.71. The Balaban J connectivity index is 1.31. The second-order valence-corrected chi connectivity index (χ2v) is 7.71. The molecule has 0 saturated carbocycles. The molecule has 2 unspecified atom stereocenters. The van der Waals surface area contributed by atoms with Gasteiger partial charge in [-0.15, -0.1) is 0 Å². The Labute approximate surface area is 165 Å². The highest BCUT2D eigenvalue weighted by Gasteiger charge is 2.29. The molecule has 146 valence electrons. The lowest BCUT2D eigenvalue weighted by atomic mass is 10.0. The molecule has 5 nitrogen and oxygen atoms in total. The quantitative estimate of drug-likeness (QED) is 0.866. The minimum Gasteiger partial charge on any atom is -0.367 e. The van der Waals surface area contributed by atoms with Crippen molar-refractivity contribution in [2.45, 2.75) is 44.8 Å². The first-order valence-electron chi connectivity index (χ1n) is 9.98. The summed E-state index contributed by atoms with van der Waals surface area (Å²) >= 11 is 0. The zero-order chi connectivity index (χ0) is 19.5. The fraction of sp³-hybridized carbons (Fsp3) is 0.391. The van der Waals surface area contributed by atoms with Crippen LogP contribution in [0.2, 0.25) is 0 Å². The molecular weight excluding hydrogens is 352 g/mol. The molecule has 2 aliphatic heterocycles. The SMILES string of the molecule is CC1CN(C(=O)CCCc2ccc3c(c2)CC(=O)N3)CC(c2ccccc2)O1. The van der Waals surface area contributed by atoms with E-state index in [9.17, 15) is 9.59 Å². The molecule has 28 heavy (non-hydrogen) atoms. The highest BCUT2D eigenvalue weighted by Crippen LogP contribution is 2.26. The molecule has 5 heteroatoms. The third-order valence-electron chi connectivity index (χ3n) is 5.44. The van der Waals surface area contributed by atoms with Crippen LogP contribution in [0.15, 0.2) is 48.5 Å². The van der Waals surface area contributed by atoms with Crippen molar-refractivity contribution < 1.29 is 14.3 Å². The number of benzene rings is 2. The summed E-state index contributed by atoms with van der Waals surface area (Å²) in [6.45, 7) is 3.28. The van der Waals surface area contributed by atoms with Gasteiger partial charge in [0.1, 0.15) is 6.10 Å². The average Bonchev–Trinajstić information content (AvgIpc) is 3.07. The highest BCUT2D eigenvalue weighted by atomic mass is 16.5. The molecule has 2 aliphatic rings. The molecule has 2 amide bonds. The lowest BCUT2D eigenvalue weighted by Crippen LogP contribution is -2.45. The molecule has 2 aromatic carbocycles. The van der Waals surface area contributed by atoms with Gasteiger partial charge in [0.25, 0.3) is 0 Å². The van der Waals surface area contributed by atoms with E-state index in [0.29, 0.717) is 25.9 Å². The monoisotopic (exact) mass is 378 g/mol. The van der Waals surface area contributed by atoms with Crippen molar-refractivity contribution in [1.82, 2.24) is 4.90 Å². The number of aryl methyl sites for hydroxylation is 1. The van der Waals surface area contributed by atoms with Gasteiger partial charge in [0, 0.05) is 18.7 Å². The first-order valence-corrected chi connectivity index (χ1v) is 9.98. The zero-order valence-corrected chi connectivity index (χ0v) is 16.2. The lowest BCUT2D eigenvalue weighted by molar-refractivity contribution is -0.145. The smallest absolute Gasteiger partial charge is 0.228 e. The maximum absolute atomic E-state index is 12.8. The number of hydrogen-bond donors (Lipinski definition) is 1. The van der Waals surface area contributed by atoms with Crippen molar-refractivity contribution in [2.24, 2.45) is 0 Å². The Bertz CT molecular complexity index is 865. The van der Waals surface area contributed by atoms with E-state index in [-0.39, 0.29) is 24.0 Å². The van der Waals surface area contributed by atoms with E-state index in [4.69, 9.17) is 4.74 Å². The Hall–Kier alpha value is -2.66. The van der Waals surface area contributed by atoms with Gasteiger partial charge in [-0.05, 0) is 42.5 Å². The van der Waals surface area contributed by atoms with Crippen molar-refractivity contribution in [3.8, 4) is 0 Å². The van der Waals surface area contributed by atoms with Crippen LogP contribution in [-0.2, 0) is 27.2 Å². The standard InChI is InChI=1S/C23H26N2O3/c1-16-14-25(15-21(28-16)18-7-3-2-4-8-18)23(27)9-5-6-17-10-11-20-19(12-17)13-22(26)24-20/h2-4,7-8,10-12,16,21H,5-6,9,13-15H2,1H3,(H,24,26). The third-order valence-corrected chi connectivity index (χ3v) is 5.44. The molecule has 2 aromatic rings. The first-order chi connectivity index (χ1) is 13.6. The molecular formula is C23H26N2O3. The Morgan fingerprint density at radius 2 is 2.00 bits per heavy atom. The number of ether oxygens (including phenoxy) is 1. The summed E-state index contributed by atoms with van der Waals surface area (Å²) in [7, 11) is 0. The van der Waals surface area contributed by atoms with E-state index in [1.54, 1.807) is 0 Å². The van der Waals surface area contributed by atoms with Gasteiger partial charge in [-0.3, -0.25) is 9.59 Å². The molecule has 0 bridgehead atoms. The van der Waals surface area contributed by atoms with E-state index in [2.05, 4.69) is 23.5 Å². The van der Waals surface area contributed by atoms with Gasteiger partial charge in [-0.2, -0.15) is 0 Å². The molecule has 0 radical (unpaired) electrons. The fourth-order valence-corrected chi connectivity index (χ4v) is 4.05. The van der Waals surface area contributed by atoms with Crippen LogP contribution in [0.1, 0.15) is 42.6 Å². The van der Waals surface area contributed by atoms with E-state index >= 15 is 0 Å². The molecule has 2 atom stereocenters. The normalized spacial score (nSPS) is 21.3. The summed E-state index contributed by atoms with van der Waals surface area (Å²) in [5.74, 6) is 0.242. The predicted octanol–water partition coefficient (Wildman–Crippen LogP) is 3.49. The van der Waals surface area contributed by atoms with Crippen LogP contribution in [0.5, 0.6) is 0 Å². The molecule has 1 saturated heterocycles. The van der Waals surface area contributed by atoms with E-state index in [1.807, 2.05) is 42.2 Å². The molecule has 1 fully saturated rings. The Morgan fingerprint density at radius 1 is 1.18 bits per heavy atom. The average molecular weight is 378 g/mol.